The summed E-state index contributed by atoms with van der Waals surface area (Å²) in [7, 11) is 1.62. The number of methoxy groups -OCH3 is 1. The van der Waals surface area contributed by atoms with Crippen LogP contribution in [-0.4, -0.2) is 31.9 Å². The lowest BCUT2D eigenvalue weighted by Gasteiger charge is -2.17. The number of hydrogen-bond acceptors (Lipinski definition) is 6. The van der Waals surface area contributed by atoms with Gasteiger partial charge < -0.3 is 14.2 Å². The molecule has 0 atom stereocenters. The minimum absolute atomic E-state index is 0.109. The van der Waals surface area contributed by atoms with Gasteiger partial charge in [0, 0.05) is 6.21 Å². The van der Waals surface area contributed by atoms with E-state index in [1.54, 1.807) is 61.9 Å². The summed E-state index contributed by atoms with van der Waals surface area (Å²) in [6.45, 7) is 6.29. The Labute approximate surface area is 193 Å². The van der Waals surface area contributed by atoms with E-state index >= 15 is 0 Å². The molecule has 3 rings (SSSR count). The number of rotatable bonds is 7. The maximum atomic E-state index is 12.4. The first kappa shape index (κ1) is 23.7. The fourth-order valence-electron chi connectivity index (χ4n) is 2.71. The van der Waals surface area contributed by atoms with Gasteiger partial charge in [-0.2, -0.15) is 0 Å². The van der Waals surface area contributed by atoms with Crippen molar-refractivity contribution in [3.8, 4) is 11.5 Å². The van der Waals surface area contributed by atoms with Gasteiger partial charge in [-0.3, -0.25) is 4.99 Å². The summed E-state index contributed by atoms with van der Waals surface area (Å²) in [5, 5.41) is 0. The third-order valence-corrected chi connectivity index (χ3v) is 4.52. The molecule has 0 fully saturated rings. The molecule has 0 aliphatic rings. The summed E-state index contributed by atoms with van der Waals surface area (Å²) in [5.41, 5.74) is 2.33. The summed E-state index contributed by atoms with van der Waals surface area (Å²) in [6.07, 6.45) is 1.74. The van der Waals surface area contributed by atoms with Crippen molar-refractivity contribution in [2.45, 2.75) is 20.8 Å². The minimum Gasteiger partial charge on any atom is -0.497 e. The van der Waals surface area contributed by atoms with Crippen LogP contribution in [0.5, 0.6) is 11.5 Å². The van der Waals surface area contributed by atoms with Crippen molar-refractivity contribution in [3.05, 3.63) is 89.5 Å². The molecule has 0 N–H and O–H groups in total. The zero-order valence-electron chi connectivity index (χ0n) is 19.2. The van der Waals surface area contributed by atoms with Gasteiger partial charge in [-0.25, -0.2) is 9.59 Å². The molecule has 3 aromatic rings. The van der Waals surface area contributed by atoms with Crippen molar-refractivity contribution in [2.75, 3.05) is 13.7 Å². The number of hydrogen-bond donors (Lipinski definition) is 0. The quantitative estimate of drug-likeness (QED) is 0.258. The van der Waals surface area contributed by atoms with Crippen LogP contribution in [0, 0.1) is 5.41 Å². The molecule has 3 aromatic carbocycles. The molecule has 0 heterocycles. The smallest absolute Gasteiger partial charge is 0.343 e. The fraction of sp³-hybridized carbons (Fsp3) is 0.222. The van der Waals surface area contributed by atoms with E-state index in [2.05, 4.69) is 4.99 Å². The number of aliphatic imine (C=N–C) groups is 1. The molecule has 0 aromatic heterocycles. The molecule has 0 spiro atoms. The van der Waals surface area contributed by atoms with E-state index in [1.807, 2.05) is 45.0 Å². The van der Waals surface area contributed by atoms with Crippen molar-refractivity contribution in [1.82, 2.24) is 0 Å². The lowest BCUT2D eigenvalue weighted by Crippen LogP contribution is -2.18. The zero-order chi connectivity index (χ0) is 23.8. The lowest BCUT2D eigenvalue weighted by molar-refractivity contribution is 0.0367. The number of nitrogens with zero attached hydrogens (tertiary/aromatic N) is 1. The molecule has 33 heavy (non-hydrogen) atoms. The Balaban J connectivity index is 1.56. The summed E-state index contributed by atoms with van der Waals surface area (Å²) >= 11 is 0. The largest absolute Gasteiger partial charge is 0.497 e. The van der Waals surface area contributed by atoms with Gasteiger partial charge in [0.05, 0.1) is 30.5 Å². The van der Waals surface area contributed by atoms with Crippen LogP contribution >= 0.6 is 0 Å². The Morgan fingerprint density at radius 2 is 1.33 bits per heavy atom. The highest BCUT2D eigenvalue weighted by atomic mass is 16.5. The Morgan fingerprint density at radius 3 is 1.91 bits per heavy atom. The van der Waals surface area contributed by atoms with Crippen LogP contribution in [0.25, 0.3) is 0 Å². The molecule has 0 aliphatic carbocycles. The maximum absolute atomic E-state index is 12.4. The number of carbonyl (C=O) groups is 2. The van der Waals surface area contributed by atoms with Crippen molar-refractivity contribution in [2.24, 2.45) is 10.4 Å². The fourth-order valence-corrected chi connectivity index (χ4v) is 2.71. The second-order valence-electron chi connectivity index (χ2n) is 8.63. The molecule has 0 amide bonds. The first-order chi connectivity index (χ1) is 15.7. The average molecular weight is 446 g/mol. The molecule has 6 heteroatoms. The first-order valence-electron chi connectivity index (χ1n) is 10.5. The Hall–Kier alpha value is -3.93. The molecular weight excluding hydrogens is 418 g/mol. The van der Waals surface area contributed by atoms with E-state index in [9.17, 15) is 9.59 Å². The number of ether oxygens (including phenoxy) is 3. The van der Waals surface area contributed by atoms with Crippen LogP contribution < -0.4 is 9.47 Å². The number of benzene rings is 3. The zero-order valence-corrected chi connectivity index (χ0v) is 19.2. The van der Waals surface area contributed by atoms with E-state index in [4.69, 9.17) is 14.2 Å². The van der Waals surface area contributed by atoms with Crippen molar-refractivity contribution >= 4 is 23.8 Å². The van der Waals surface area contributed by atoms with E-state index in [-0.39, 0.29) is 5.41 Å². The first-order valence-corrected chi connectivity index (χ1v) is 10.5. The van der Waals surface area contributed by atoms with Gasteiger partial charge in [-0.1, -0.05) is 20.8 Å². The SMILES string of the molecule is COc1ccc(C=Nc2ccc(C(=O)Oc3ccc(C(=O)OCC(C)(C)C)cc3)cc2)cc1. The lowest BCUT2D eigenvalue weighted by atomic mass is 9.99. The van der Waals surface area contributed by atoms with E-state index in [0.29, 0.717) is 29.2 Å². The summed E-state index contributed by atoms with van der Waals surface area (Å²) in [6, 6.07) is 20.6. The molecule has 170 valence electrons. The van der Waals surface area contributed by atoms with Crippen molar-refractivity contribution < 1.29 is 23.8 Å². The average Bonchev–Trinajstić information content (AvgIpc) is 2.82. The molecule has 0 unspecified atom stereocenters. The normalized spacial score (nSPS) is 11.3. The van der Waals surface area contributed by atoms with Crippen LogP contribution in [0.3, 0.4) is 0 Å². The Bertz CT molecular complexity index is 1110. The van der Waals surface area contributed by atoms with Crippen molar-refractivity contribution in [1.29, 1.82) is 0 Å². The third-order valence-electron chi connectivity index (χ3n) is 4.52. The van der Waals surface area contributed by atoms with Crippen LogP contribution in [0.2, 0.25) is 0 Å². The predicted octanol–water partition coefficient (Wildman–Crippen LogP) is 5.87. The monoisotopic (exact) mass is 445 g/mol. The molecule has 0 aliphatic heterocycles. The van der Waals surface area contributed by atoms with Gasteiger partial charge in [-0.15, -0.1) is 0 Å². The second kappa shape index (κ2) is 10.6. The highest BCUT2D eigenvalue weighted by Crippen LogP contribution is 2.19. The van der Waals surface area contributed by atoms with Gasteiger partial charge >= 0.3 is 11.9 Å². The molecule has 6 nitrogen and oxygen atoms in total. The van der Waals surface area contributed by atoms with Crippen LogP contribution in [0.4, 0.5) is 5.69 Å². The van der Waals surface area contributed by atoms with Gasteiger partial charge in [0.25, 0.3) is 0 Å². The number of carbonyl (C=O) groups excluding carboxylic acids is 2. The van der Waals surface area contributed by atoms with E-state index < -0.39 is 11.9 Å². The molecule has 0 saturated carbocycles. The highest BCUT2D eigenvalue weighted by Gasteiger charge is 2.15. The van der Waals surface area contributed by atoms with Gasteiger partial charge in [0.15, 0.2) is 0 Å². The van der Waals surface area contributed by atoms with E-state index in [1.165, 1.54) is 0 Å². The van der Waals surface area contributed by atoms with Crippen LogP contribution in [0.15, 0.2) is 77.8 Å². The van der Waals surface area contributed by atoms with Gasteiger partial charge in [-0.05, 0) is 83.8 Å². The van der Waals surface area contributed by atoms with Crippen LogP contribution in [0.1, 0.15) is 47.1 Å². The Kier molecular flexibility index (Phi) is 7.61. The molecule has 0 bridgehead atoms. The van der Waals surface area contributed by atoms with E-state index in [0.717, 1.165) is 11.3 Å². The summed E-state index contributed by atoms with van der Waals surface area (Å²) < 4.78 is 15.8. The maximum Gasteiger partial charge on any atom is 0.343 e. The molecule has 0 saturated heterocycles. The van der Waals surface area contributed by atoms with Crippen molar-refractivity contribution in [3.63, 3.8) is 0 Å². The summed E-state index contributed by atoms with van der Waals surface area (Å²) in [5.74, 6) is 0.219. The topological polar surface area (TPSA) is 74.2 Å². The third kappa shape index (κ3) is 7.31. The predicted molar refractivity (Wildman–Crippen MR) is 128 cm³/mol. The standard InChI is InChI=1S/C27H27NO5/c1-27(2,3)18-32-25(29)20-9-15-24(16-10-20)33-26(30)21-7-11-22(12-8-21)28-17-19-5-13-23(31-4)14-6-19/h5-17H,18H2,1-4H3. The minimum atomic E-state index is -0.497. The van der Waals surface area contributed by atoms with Gasteiger partial charge in [0.2, 0.25) is 0 Å². The highest BCUT2D eigenvalue weighted by molar-refractivity contribution is 5.92. The molecule has 0 radical (unpaired) electrons. The Morgan fingerprint density at radius 1 is 0.788 bits per heavy atom. The van der Waals surface area contributed by atoms with Crippen LogP contribution in [-0.2, 0) is 4.74 Å². The summed E-state index contributed by atoms with van der Waals surface area (Å²) in [4.78, 5) is 28.9. The molecular formula is C27H27NO5. The number of esters is 2. The second-order valence-corrected chi connectivity index (χ2v) is 8.63. The van der Waals surface area contributed by atoms with Gasteiger partial charge in [0.1, 0.15) is 11.5 Å².